The van der Waals surface area contributed by atoms with Crippen LogP contribution in [-0.2, 0) is 6.42 Å². The first-order chi connectivity index (χ1) is 12.8. The smallest absolute Gasteiger partial charge is 0.253 e. The van der Waals surface area contributed by atoms with Crippen LogP contribution in [-0.4, -0.2) is 33.4 Å². The molecule has 3 aromatic rings. The molecule has 0 aliphatic carbocycles. The van der Waals surface area contributed by atoms with Gasteiger partial charge in [0.25, 0.3) is 5.91 Å². The molecule has 1 aromatic heterocycles. The van der Waals surface area contributed by atoms with Gasteiger partial charge in [-0.1, -0.05) is 37.6 Å². The van der Waals surface area contributed by atoms with Crippen LogP contribution in [0.5, 0.6) is 0 Å². The number of carbonyl (C=O) groups is 1. The van der Waals surface area contributed by atoms with E-state index in [0.29, 0.717) is 6.04 Å². The zero-order chi connectivity index (χ0) is 17.9. The van der Waals surface area contributed by atoms with Gasteiger partial charge in [-0.15, -0.1) is 0 Å². The minimum atomic E-state index is 0.155. The number of para-hydroxylation sites is 2. The molecule has 4 heteroatoms. The third-order valence-corrected chi connectivity index (χ3v) is 5.37. The van der Waals surface area contributed by atoms with Crippen molar-refractivity contribution >= 4 is 16.9 Å². The highest BCUT2D eigenvalue weighted by molar-refractivity contribution is 5.94. The van der Waals surface area contributed by atoms with Gasteiger partial charge in [-0.2, -0.15) is 0 Å². The van der Waals surface area contributed by atoms with Crippen molar-refractivity contribution in [2.24, 2.45) is 0 Å². The Morgan fingerprint density at radius 3 is 2.54 bits per heavy atom. The lowest BCUT2D eigenvalue weighted by atomic mass is 10.0. The first-order valence-electron chi connectivity index (χ1n) is 9.56. The van der Waals surface area contributed by atoms with E-state index in [1.54, 1.807) is 0 Å². The van der Waals surface area contributed by atoms with Crippen molar-refractivity contribution in [3.05, 3.63) is 66.0 Å². The topological polar surface area (TPSA) is 38.1 Å². The van der Waals surface area contributed by atoms with Gasteiger partial charge in [0.1, 0.15) is 0 Å². The number of likely N-dealkylation sites (tertiary alicyclic amines) is 1. The van der Waals surface area contributed by atoms with Crippen LogP contribution in [0.2, 0.25) is 0 Å². The standard InChI is InChI=1S/C22H25N3O/c1-2-5-17-8-10-18(11-9-17)22(26)24-14-12-19(13-15-24)25-16-23-20-6-3-4-7-21(20)25/h3-4,6-11,16,19H,2,5,12-15H2,1H3. The van der Waals surface area contributed by atoms with Crippen LogP contribution < -0.4 is 0 Å². The van der Waals surface area contributed by atoms with Crippen LogP contribution >= 0.6 is 0 Å². The fourth-order valence-electron chi connectivity index (χ4n) is 3.90. The van der Waals surface area contributed by atoms with Crippen LogP contribution in [0.25, 0.3) is 11.0 Å². The third-order valence-electron chi connectivity index (χ3n) is 5.37. The molecule has 0 atom stereocenters. The molecule has 1 fully saturated rings. The molecule has 0 N–H and O–H groups in total. The maximum Gasteiger partial charge on any atom is 0.253 e. The third kappa shape index (κ3) is 3.24. The first-order valence-corrected chi connectivity index (χ1v) is 9.56. The van der Waals surface area contributed by atoms with E-state index in [0.717, 1.165) is 49.9 Å². The lowest BCUT2D eigenvalue weighted by molar-refractivity contribution is 0.0696. The number of piperidine rings is 1. The molecule has 2 aromatic carbocycles. The SMILES string of the molecule is CCCc1ccc(C(=O)N2CCC(n3cnc4ccccc43)CC2)cc1. The molecular formula is C22H25N3O. The number of hydrogen-bond donors (Lipinski definition) is 0. The van der Waals surface area contributed by atoms with Crippen molar-refractivity contribution in [3.8, 4) is 0 Å². The molecule has 0 bridgehead atoms. The summed E-state index contributed by atoms with van der Waals surface area (Å²) >= 11 is 0. The quantitative estimate of drug-likeness (QED) is 0.698. The number of aryl methyl sites for hydroxylation is 1. The second kappa shape index (κ2) is 7.32. The lowest BCUT2D eigenvalue weighted by Gasteiger charge is -2.33. The number of imidazole rings is 1. The summed E-state index contributed by atoms with van der Waals surface area (Å²) in [6.45, 7) is 3.77. The van der Waals surface area contributed by atoms with Crippen molar-refractivity contribution in [3.63, 3.8) is 0 Å². The summed E-state index contributed by atoms with van der Waals surface area (Å²) in [5, 5.41) is 0. The Labute approximate surface area is 154 Å². The van der Waals surface area contributed by atoms with Crippen LogP contribution in [0, 0.1) is 0 Å². The molecule has 26 heavy (non-hydrogen) atoms. The Hall–Kier alpha value is -2.62. The summed E-state index contributed by atoms with van der Waals surface area (Å²) in [4.78, 5) is 19.3. The van der Waals surface area contributed by atoms with E-state index in [1.165, 1.54) is 11.1 Å². The molecule has 134 valence electrons. The van der Waals surface area contributed by atoms with Crippen LogP contribution in [0.3, 0.4) is 0 Å². The number of nitrogens with zero attached hydrogens (tertiary/aromatic N) is 3. The largest absolute Gasteiger partial charge is 0.338 e. The number of fused-ring (bicyclic) bond motifs is 1. The van der Waals surface area contributed by atoms with E-state index in [1.807, 2.05) is 35.5 Å². The van der Waals surface area contributed by atoms with Gasteiger partial charge in [0.05, 0.1) is 17.4 Å². The van der Waals surface area contributed by atoms with Gasteiger partial charge in [0.2, 0.25) is 0 Å². The summed E-state index contributed by atoms with van der Waals surface area (Å²) < 4.78 is 2.27. The number of hydrogen-bond acceptors (Lipinski definition) is 2. The molecule has 4 rings (SSSR count). The highest BCUT2D eigenvalue weighted by Gasteiger charge is 2.25. The normalized spacial score (nSPS) is 15.5. The molecule has 0 saturated carbocycles. The molecule has 4 nitrogen and oxygen atoms in total. The van der Waals surface area contributed by atoms with Gasteiger partial charge in [-0.05, 0) is 49.1 Å². The van der Waals surface area contributed by atoms with E-state index < -0.39 is 0 Å². The predicted molar refractivity (Wildman–Crippen MR) is 104 cm³/mol. The summed E-state index contributed by atoms with van der Waals surface area (Å²) in [6.07, 6.45) is 6.09. The molecule has 0 spiro atoms. The Kier molecular flexibility index (Phi) is 4.74. The zero-order valence-corrected chi connectivity index (χ0v) is 15.3. The Balaban J connectivity index is 1.42. The summed E-state index contributed by atoms with van der Waals surface area (Å²) in [6, 6.07) is 16.8. The van der Waals surface area contributed by atoms with Crippen molar-refractivity contribution < 1.29 is 4.79 Å². The van der Waals surface area contributed by atoms with E-state index in [9.17, 15) is 4.79 Å². The molecule has 2 heterocycles. The number of carbonyl (C=O) groups excluding carboxylic acids is 1. The Bertz CT molecular complexity index is 889. The van der Waals surface area contributed by atoms with Crippen molar-refractivity contribution in [2.75, 3.05) is 13.1 Å². The van der Waals surface area contributed by atoms with Crippen molar-refractivity contribution in [2.45, 2.75) is 38.6 Å². The highest BCUT2D eigenvalue weighted by Crippen LogP contribution is 2.27. The molecule has 0 radical (unpaired) electrons. The van der Waals surface area contributed by atoms with Crippen molar-refractivity contribution in [1.29, 1.82) is 0 Å². The van der Waals surface area contributed by atoms with Crippen molar-refractivity contribution in [1.82, 2.24) is 14.5 Å². The molecule has 0 unspecified atom stereocenters. The number of amides is 1. The maximum absolute atomic E-state index is 12.8. The fraction of sp³-hybridized carbons (Fsp3) is 0.364. The van der Waals surface area contributed by atoms with Gasteiger partial charge in [0.15, 0.2) is 0 Å². The number of rotatable bonds is 4. The van der Waals surface area contributed by atoms with E-state index in [-0.39, 0.29) is 5.91 Å². The van der Waals surface area contributed by atoms with Crippen LogP contribution in [0.1, 0.15) is 48.1 Å². The minimum Gasteiger partial charge on any atom is -0.338 e. The molecule has 1 saturated heterocycles. The second-order valence-electron chi connectivity index (χ2n) is 7.11. The molecule has 1 amide bonds. The van der Waals surface area contributed by atoms with Gasteiger partial charge in [-0.25, -0.2) is 4.98 Å². The minimum absolute atomic E-state index is 0.155. The Morgan fingerprint density at radius 2 is 1.81 bits per heavy atom. The highest BCUT2D eigenvalue weighted by atomic mass is 16.2. The molecule has 1 aliphatic heterocycles. The van der Waals surface area contributed by atoms with E-state index in [2.05, 4.69) is 40.7 Å². The number of benzene rings is 2. The summed E-state index contributed by atoms with van der Waals surface area (Å²) in [5.41, 5.74) is 4.33. The monoisotopic (exact) mass is 347 g/mol. The first kappa shape index (κ1) is 16.8. The van der Waals surface area contributed by atoms with Crippen LogP contribution in [0.15, 0.2) is 54.9 Å². The zero-order valence-electron chi connectivity index (χ0n) is 15.3. The molecular weight excluding hydrogens is 322 g/mol. The second-order valence-corrected chi connectivity index (χ2v) is 7.11. The maximum atomic E-state index is 12.8. The van der Waals surface area contributed by atoms with Gasteiger partial charge >= 0.3 is 0 Å². The fourth-order valence-corrected chi connectivity index (χ4v) is 3.90. The van der Waals surface area contributed by atoms with Gasteiger partial charge in [0, 0.05) is 24.7 Å². The predicted octanol–water partition coefficient (Wildman–Crippen LogP) is 4.47. The molecule has 1 aliphatic rings. The van der Waals surface area contributed by atoms with Gasteiger partial charge < -0.3 is 9.47 Å². The Morgan fingerprint density at radius 1 is 1.08 bits per heavy atom. The van der Waals surface area contributed by atoms with Gasteiger partial charge in [-0.3, -0.25) is 4.79 Å². The lowest BCUT2D eigenvalue weighted by Crippen LogP contribution is -2.39. The summed E-state index contributed by atoms with van der Waals surface area (Å²) in [5.74, 6) is 0.155. The van der Waals surface area contributed by atoms with Crippen LogP contribution in [0.4, 0.5) is 0 Å². The number of aromatic nitrogens is 2. The van der Waals surface area contributed by atoms with E-state index in [4.69, 9.17) is 0 Å². The average molecular weight is 347 g/mol. The van der Waals surface area contributed by atoms with E-state index >= 15 is 0 Å². The summed E-state index contributed by atoms with van der Waals surface area (Å²) in [7, 11) is 0. The average Bonchev–Trinajstić information content (AvgIpc) is 3.13.